The Labute approximate surface area is 125 Å². The van der Waals surface area contributed by atoms with Crippen LogP contribution in [0.2, 0.25) is 0 Å². The topological polar surface area (TPSA) is 59.8 Å². The number of furan rings is 1. The van der Waals surface area contributed by atoms with Gasteiger partial charge in [0.15, 0.2) is 0 Å². The van der Waals surface area contributed by atoms with Crippen molar-refractivity contribution in [1.29, 1.82) is 0 Å². The van der Waals surface area contributed by atoms with Gasteiger partial charge in [0.1, 0.15) is 17.4 Å². The van der Waals surface area contributed by atoms with Gasteiger partial charge in [-0.2, -0.15) is 0 Å². The molecule has 0 spiro atoms. The molecule has 0 aliphatic carbocycles. The summed E-state index contributed by atoms with van der Waals surface area (Å²) in [6, 6.07) is 3.22. The van der Waals surface area contributed by atoms with Gasteiger partial charge in [0, 0.05) is 19.4 Å². The average molecular weight is 293 g/mol. The second kappa shape index (κ2) is 6.33. The monoisotopic (exact) mass is 293 g/mol. The van der Waals surface area contributed by atoms with E-state index < -0.39 is 11.6 Å². The minimum absolute atomic E-state index is 0.0141. The molecule has 21 heavy (non-hydrogen) atoms. The first-order valence-electron chi connectivity index (χ1n) is 7.41. The van der Waals surface area contributed by atoms with E-state index in [1.807, 2.05) is 26.8 Å². The van der Waals surface area contributed by atoms with Crippen molar-refractivity contribution in [2.24, 2.45) is 0 Å². The molecule has 5 nitrogen and oxygen atoms in total. The lowest BCUT2D eigenvalue weighted by molar-refractivity contribution is -0.163. The van der Waals surface area contributed by atoms with Gasteiger partial charge in [-0.1, -0.05) is 0 Å². The minimum Gasteiger partial charge on any atom is -0.469 e. The zero-order valence-electron chi connectivity index (χ0n) is 12.9. The van der Waals surface area contributed by atoms with Crippen molar-refractivity contribution >= 4 is 11.9 Å². The number of carbonyl (C=O) groups is 2. The van der Waals surface area contributed by atoms with Gasteiger partial charge in [-0.25, -0.2) is 4.79 Å². The van der Waals surface area contributed by atoms with Gasteiger partial charge in [0.25, 0.3) is 0 Å². The Morgan fingerprint density at radius 3 is 2.81 bits per heavy atom. The lowest BCUT2D eigenvalue weighted by atomic mass is 10.1. The molecule has 0 aromatic carbocycles. The maximum Gasteiger partial charge on any atom is 0.329 e. The Morgan fingerprint density at radius 1 is 1.43 bits per heavy atom. The van der Waals surface area contributed by atoms with E-state index in [4.69, 9.17) is 9.15 Å². The van der Waals surface area contributed by atoms with Gasteiger partial charge in [-0.3, -0.25) is 4.79 Å². The summed E-state index contributed by atoms with van der Waals surface area (Å²) in [5, 5.41) is 0. The molecule has 1 aliphatic rings. The smallest absolute Gasteiger partial charge is 0.329 e. The molecule has 0 radical (unpaired) electrons. The van der Waals surface area contributed by atoms with E-state index in [-0.39, 0.29) is 11.9 Å². The van der Waals surface area contributed by atoms with Crippen LogP contribution in [-0.4, -0.2) is 35.0 Å². The highest BCUT2D eigenvalue weighted by Crippen LogP contribution is 2.22. The van der Waals surface area contributed by atoms with Gasteiger partial charge in [-0.05, 0) is 45.7 Å². The summed E-state index contributed by atoms with van der Waals surface area (Å²) >= 11 is 0. The fourth-order valence-electron chi connectivity index (χ4n) is 2.51. The first-order chi connectivity index (χ1) is 9.87. The van der Waals surface area contributed by atoms with Crippen LogP contribution < -0.4 is 0 Å². The predicted molar refractivity (Wildman–Crippen MR) is 77.6 cm³/mol. The van der Waals surface area contributed by atoms with E-state index in [1.165, 1.54) is 0 Å². The lowest BCUT2D eigenvalue weighted by Gasteiger charge is -2.27. The number of nitrogens with zero attached hydrogens (tertiary/aromatic N) is 1. The quantitative estimate of drug-likeness (QED) is 0.800. The molecule has 0 saturated carbocycles. The number of aryl methyl sites for hydroxylation is 1. The Morgan fingerprint density at radius 2 is 2.19 bits per heavy atom. The van der Waals surface area contributed by atoms with E-state index in [1.54, 1.807) is 17.2 Å². The summed E-state index contributed by atoms with van der Waals surface area (Å²) in [6.07, 6.45) is 4.03. The molecule has 0 unspecified atom stereocenters. The molecule has 0 N–H and O–H groups in total. The second-order valence-corrected chi connectivity index (χ2v) is 6.36. The first-order valence-corrected chi connectivity index (χ1v) is 7.41. The van der Waals surface area contributed by atoms with Crippen LogP contribution in [0, 0.1) is 0 Å². The number of hydrogen-bond acceptors (Lipinski definition) is 4. The highest BCUT2D eigenvalue weighted by molar-refractivity contribution is 5.85. The van der Waals surface area contributed by atoms with E-state index in [0.29, 0.717) is 25.8 Å². The third-order valence-electron chi connectivity index (χ3n) is 3.42. The van der Waals surface area contributed by atoms with E-state index in [9.17, 15) is 9.59 Å². The largest absolute Gasteiger partial charge is 0.469 e. The first kappa shape index (κ1) is 15.6. The Bertz CT molecular complexity index is 487. The Balaban J connectivity index is 1.91. The molecule has 1 aromatic heterocycles. The molecule has 2 heterocycles. The molecule has 0 bridgehead atoms. The zero-order chi connectivity index (χ0) is 15.5. The number of ether oxygens (including phenoxy) is 1. The number of hydrogen-bond donors (Lipinski definition) is 0. The molecule has 1 aliphatic heterocycles. The van der Waals surface area contributed by atoms with Crippen molar-refractivity contribution in [3.8, 4) is 0 Å². The Hall–Kier alpha value is -1.78. The van der Waals surface area contributed by atoms with Crippen molar-refractivity contribution in [3.63, 3.8) is 0 Å². The second-order valence-electron chi connectivity index (χ2n) is 6.36. The van der Waals surface area contributed by atoms with Crippen molar-refractivity contribution in [1.82, 2.24) is 4.90 Å². The van der Waals surface area contributed by atoms with Crippen LogP contribution in [0.1, 0.15) is 45.8 Å². The number of rotatable bonds is 4. The zero-order valence-corrected chi connectivity index (χ0v) is 12.9. The van der Waals surface area contributed by atoms with Gasteiger partial charge < -0.3 is 14.1 Å². The van der Waals surface area contributed by atoms with Crippen LogP contribution in [0.25, 0.3) is 0 Å². The fraction of sp³-hybridized carbons (Fsp3) is 0.625. The molecule has 116 valence electrons. The van der Waals surface area contributed by atoms with E-state index in [2.05, 4.69) is 0 Å². The van der Waals surface area contributed by atoms with Gasteiger partial charge >= 0.3 is 5.97 Å². The molecular weight excluding hydrogens is 270 g/mol. The lowest BCUT2D eigenvalue weighted by Crippen LogP contribution is -2.43. The molecule has 1 aromatic rings. The van der Waals surface area contributed by atoms with Gasteiger partial charge in [0.05, 0.1) is 6.26 Å². The van der Waals surface area contributed by atoms with Gasteiger partial charge in [0.2, 0.25) is 5.91 Å². The number of amides is 1. The highest BCUT2D eigenvalue weighted by Gasteiger charge is 2.36. The summed E-state index contributed by atoms with van der Waals surface area (Å²) in [6.45, 7) is 6.13. The van der Waals surface area contributed by atoms with Crippen molar-refractivity contribution in [2.75, 3.05) is 6.54 Å². The fourth-order valence-corrected chi connectivity index (χ4v) is 2.51. The van der Waals surface area contributed by atoms with Crippen LogP contribution in [-0.2, 0) is 20.7 Å². The Kier molecular flexibility index (Phi) is 4.70. The van der Waals surface area contributed by atoms with Crippen molar-refractivity contribution in [3.05, 3.63) is 24.2 Å². The summed E-state index contributed by atoms with van der Waals surface area (Å²) < 4.78 is 10.6. The van der Waals surface area contributed by atoms with Crippen molar-refractivity contribution in [2.45, 2.75) is 58.1 Å². The summed E-state index contributed by atoms with van der Waals surface area (Å²) in [7, 11) is 0. The number of esters is 1. The molecule has 5 heteroatoms. The molecular formula is C16H23NO4. The van der Waals surface area contributed by atoms with Crippen LogP contribution >= 0.6 is 0 Å². The maximum atomic E-state index is 12.3. The molecule has 1 amide bonds. The van der Waals surface area contributed by atoms with Crippen LogP contribution in [0.3, 0.4) is 0 Å². The normalized spacial score (nSPS) is 18.8. The van der Waals surface area contributed by atoms with Crippen molar-refractivity contribution < 1.29 is 18.7 Å². The SMILES string of the molecule is CC(C)(C)OC(=O)[C@H]1CCCN1C(=O)CCc1ccco1. The van der Waals surface area contributed by atoms with Gasteiger partial charge in [-0.15, -0.1) is 0 Å². The minimum atomic E-state index is -0.525. The number of likely N-dealkylation sites (tertiary alicyclic amines) is 1. The molecule has 2 rings (SSSR count). The van der Waals surface area contributed by atoms with E-state index in [0.717, 1.165) is 12.2 Å². The summed E-state index contributed by atoms with van der Waals surface area (Å²) in [4.78, 5) is 26.1. The van der Waals surface area contributed by atoms with Crippen LogP contribution in [0.15, 0.2) is 22.8 Å². The third-order valence-corrected chi connectivity index (χ3v) is 3.42. The predicted octanol–water partition coefficient (Wildman–Crippen LogP) is 2.54. The van der Waals surface area contributed by atoms with E-state index >= 15 is 0 Å². The highest BCUT2D eigenvalue weighted by atomic mass is 16.6. The third kappa shape index (κ3) is 4.34. The number of carbonyl (C=O) groups excluding carboxylic acids is 2. The summed E-state index contributed by atoms with van der Waals surface area (Å²) in [5.41, 5.74) is -0.525. The average Bonchev–Trinajstić information content (AvgIpc) is 3.05. The molecule has 1 fully saturated rings. The molecule has 1 saturated heterocycles. The molecule has 1 atom stereocenters. The van der Waals surface area contributed by atoms with Crippen LogP contribution in [0.4, 0.5) is 0 Å². The standard InChI is InChI=1S/C16H23NO4/c1-16(2,3)21-15(19)13-7-4-10-17(13)14(18)9-8-12-6-5-11-20-12/h5-6,11,13H,4,7-10H2,1-3H3/t13-/m1/s1. The van der Waals surface area contributed by atoms with Crippen LogP contribution in [0.5, 0.6) is 0 Å². The maximum absolute atomic E-state index is 12.3. The summed E-state index contributed by atoms with van der Waals surface area (Å²) in [5.74, 6) is 0.475.